The molecular weight excluding hydrogens is 372 g/mol. The van der Waals surface area contributed by atoms with Crippen LogP contribution in [0.4, 0.5) is 0 Å². The first-order valence-corrected chi connectivity index (χ1v) is 9.49. The summed E-state index contributed by atoms with van der Waals surface area (Å²) in [5, 5.41) is 0. The summed E-state index contributed by atoms with van der Waals surface area (Å²) in [5.41, 5.74) is 0.267. The zero-order chi connectivity index (χ0) is 21.0. The Morgan fingerprint density at radius 1 is 1.07 bits per heavy atom. The molecule has 0 aliphatic rings. The summed E-state index contributed by atoms with van der Waals surface area (Å²) in [6.45, 7) is 4.79. The highest BCUT2D eigenvalue weighted by Crippen LogP contribution is 2.12. The molecule has 3 aromatic rings. The quantitative estimate of drug-likeness (QED) is 0.604. The van der Waals surface area contributed by atoms with E-state index in [0.29, 0.717) is 24.4 Å². The average Bonchev–Trinajstić information content (AvgIpc) is 2.75. The van der Waals surface area contributed by atoms with Gasteiger partial charge < -0.3 is 9.64 Å². The lowest BCUT2D eigenvalue weighted by Gasteiger charge is -2.20. The SMILES string of the molecule is CCN(CC)C(=O)Cn1c(=O)n(Cc2ccc(OC)cc2)c(=O)c2ncccc21. The van der Waals surface area contributed by atoms with Crippen molar-refractivity contribution in [2.45, 2.75) is 26.9 Å². The van der Waals surface area contributed by atoms with Gasteiger partial charge in [-0.25, -0.2) is 9.78 Å². The normalized spacial score (nSPS) is 10.9. The van der Waals surface area contributed by atoms with E-state index in [1.54, 1.807) is 48.4 Å². The molecule has 8 heteroatoms. The van der Waals surface area contributed by atoms with E-state index in [0.717, 1.165) is 10.1 Å². The predicted octanol–water partition coefficient (Wildman–Crippen LogP) is 1.48. The minimum Gasteiger partial charge on any atom is -0.497 e. The first kappa shape index (κ1) is 20.3. The molecule has 2 aromatic heterocycles. The Balaban J connectivity index is 2.11. The Bertz CT molecular complexity index is 1130. The van der Waals surface area contributed by atoms with Crippen LogP contribution in [0.25, 0.3) is 11.0 Å². The molecule has 1 aromatic carbocycles. The Labute approximate surface area is 168 Å². The van der Waals surface area contributed by atoms with Crippen LogP contribution in [0.15, 0.2) is 52.2 Å². The number of ether oxygens (including phenoxy) is 1. The van der Waals surface area contributed by atoms with Crippen molar-refractivity contribution in [2.24, 2.45) is 0 Å². The van der Waals surface area contributed by atoms with Gasteiger partial charge in [0, 0.05) is 19.3 Å². The standard InChI is InChI=1S/C21H24N4O4/c1-4-23(5-2)18(26)14-24-17-7-6-12-22-19(17)20(27)25(21(24)28)13-15-8-10-16(29-3)11-9-15/h6-12H,4-5,13-14H2,1-3H3. The lowest BCUT2D eigenvalue weighted by atomic mass is 10.2. The summed E-state index contributed by atoms with van der Waals surface area (Å²) in [6, 6.07) is 10.4. The van der Waals surface area contributed by atoms with Crippen molar-refractivity contribution < 1.29 is 9.53 Å². The third-order valence-electron chi connectivity index (χ3n) is 4.90. The fourth-order valence-corrected chi connectivity index (χ4v) is 3.26. The minimum absolute atomic E-state index is 0.0770. The highest BCUT2D eigenvalue weighted by atomic mass is 16.5. The maximum atomic E-state index is 13.2. The number of hydrogen-bond acceptors (Lipinski definition) is 5. The number of rotatable bonds is 7. The van der Waals surface area contributed by atoms with Gasteiger partial charge in [-0.3, -0.25) is 18.7 Å². The van der Waals surface area contributed by atoms with Gasteiger partial charge >= 0.3 is 5.69 Å². The molecule has 0 spiro atoms. The molecule has 0 aliphatic heterocycles. The summed E-state index contributed by atoms with van der Waals surface area (Å²) in [6.07, 6.45) is 1.50. The number of hydrogen-bond donors (Lipinski definition) is 0. The van der Waals surface area contributed by atoms with Crippen LogP contribution >= 0.6 is 0 Å². The Morgan fingerprint density at radius 2 is 1.76 bits per heavy atom. The van der Waals surface area contributed by atoms with Crippen LogP contribution in [-0.2, 0) is 17.9 Å². The number of aromatic nitrogens is 3. The number of amides is 1. The summed E-state index contributed by atoms with van der Waals surface area (Å²) in [4.78, 5) is 44.6. The van der Waals surface area contributed by atoms with E-state index >= 15 is 0 Å². The monoisotopic (exact) mass is 396 g/mol. The summed E-state index contributed by atoms with van der Waals surface area (Å²) < 4.78 is 7.59. The Morgan fingerprint density at radius 3 is 2.38 bits per heavy atom. The van der Waals surface area contributed by atoms with E-state index in [4.69, 9.17) is 4.74 Å². The van der Waals surface area contributed by atoms with Crippen LogP contribution < -0.4 is 16.0 Å². The summed E-state index contributed by atoms with van der Waals surface area (Å²) >= 11 is 0. The van der Waals surface area contributed by atoms with Crippen LogP contribution in [0.5, 0.6) is 5.75 Å². The third kappa shape index (κ3) is 4.06. The molecule has 0 bridgehead atoms. The van der Waals surface area contributed by atoms with Gasteiger partial charge in [0.2, 0.25) is 5.91 Å². The molecule has 0 atom stereocenters. The van der Waals surface area contributed by atoms with Crippen LogP contribution in [0, 0.1) is 0 Å². The van der Waals surface area contributed by atoms with Crippen LogP contribution in [-0.4, -0.2) is 45.1 Å². The van der Waals surface area contributed by atoms with E-state index < -0.39 is 11.2 Å². The van der Waals surface area contributed by atoms with Gasteiger partial charge in [-0.05, 0) is 43.7 Å². The number of methoxy groups -OCH3 is 1. The van der Waals surface area contributed by atoms with Crippen molar-refractivity contribution >= 4 is 16.9 Å². The molecular formula is C21H24N4O4. The lowest BCUT2D eigenvalue weighted by Crippen LogP contribution is -2.43. The zero-order valence-electron chi connectivity index (χ0n) is 16.8. The van der Waals surface area contributed by atoms with Crippen molar-refractivity contribution in [3.63, 3.8) is 0 Å². The number of likely N-dealkylation sites (N-methyl/N-ethyl adjacent to an activating group) is 1. The fourth-order valence-electron chi connectivity index (χ4n) is 3.26. The molecule has 2 heterocycles. The number of carbonyl (C=O) groups excluding carboxylic acids is 1. The van der Waals surface area contributed by atoms with Gasteiger partial charge in [-0.15, -0.1) is 0 Å². The van der Waals surface area contributed by atoms with Crippen LogP contribution in [0.1, 0.15) is 19.4 Å². The predicted molar refractivity (Wildman–Crippen MR) is 110 cm³/mol. The smallest absolute Gasteiger partial charge is 0.332 e. The van der Waals surface area contributed by atoms with Gasteiger partial charge in [0.1, 0.15) is 12.3 Å². The summed E-state index contributed by atoms with van der Waals surface area (Å²) in [7, 11) is 1.57. The lowest BCUT2D eigenvalue weighted by molar-refractivity contribution is -0.131. The fraction of sp³-hybridized carbons (Fsp3) is 0.333. The molecule has 152 valence electrons. The van der Waals surface area contributed by atoms with Crippen molar-refractivity contribution in [3.8, 4) is 5.75 Å². The number of carbonyl (C=O) groups is 1. The molecule has 29 heavy (non-hydrogen) atoms. The largest absolute Gasteiger partial charge is 0.497 e. The first-order chi connectivity index (χ1) is 14.0. The highest BCUT2D eigenvalue weighted by molar-refractivity contribution is 5.79. The molecule has 1 amide bonds. The maximum absolute atomic E-state index is 13.2. The molecule has 0 aliphatic carbocycles. The van der Waals surface area contributed by atoms with Crippen molar-refractivity contribution in [1.29, 1.82) is 0 Å². The first-order valence-electron chi connectivity index (χ1n) is 9.49. The van der Waals surface area contributed by atoms with Gasteiger partial charge in [-0.1, -0.05) is 12.1 Å². The van der Waals surface area contributed by atoms with E-state index in [1.165, 1.54) is 10.8 Å². The minimum atomic E-state index is -0.535. The molecule has 0 saturated carbocycles. The van der Waals surface area contributed by atoms with Crippen LogP contribution in [0.3, 0.4) is 0 Å². The van der Waals surface area contributed by atoms with Crippen molar-refractivity contribution in [2.75, 3.05) is 20.2 Å². The van der Waals surface area contributed by atoms with E-state index in [9.17, 15) is 14.4 Å². The second-order valence-electron chi connectivity index (χ2n) is 6.55. The van der Waals surface area contributed by atoms with Crippen molar-refractivity contribution in [3.05, 3.63) is 69.0 Å². The number of nitrogens with zero attached hydrogens (tertiary/aromatic N) is 4. The second kappa shape index (κ2) is 8.72. The molecule has 0 N–H and O–H groups in total. The Hall–Kier alpha value is -3.42. The van der Waals surface area contributed by atoms with E-state index in [-0.39, 0.29) is 24.5 Å². The summed E-state index contributed by atoms with van der Waals surface area (Å²) in [5.74, 6) is 0.500. The maximum Gasteiger partial charge on any atom is 0.332 e. The van der Waals surface area contributed by atoms with Gasteiger partial charge in [0.25, 0.3) is 5.56 Å². The zero-order valence-corrected chi connectivity index (χ0v) is 16.8. The molecule has 0 radical (unpaired) electrons. The average molecular weight is 396 g/mol. The topological polar surface area (TPSA) is 86.4 Å². The molecule has 8 nitrogen and oxygen atoms in total. The van der Waals surface area contributed by atoms with Gasteiger partial charge in [-0.2, -0.15) is 0 Å². The highest BCUT2D eigenvalue weighted by Gasteiger charge is 2.18. The van der Waals surface area contributed by atoms with E-state index in [1.807, 2.05) is 13.8 Å². The van der Waals surface area contributed by atoms with Crippen molar-refractivity contribution in [1.82, 2.24) is 19.0 Å². The molecule has 0 fully saturated rings. The molecule has 0 unspecified atom stereocenters. The number of pyridine rings is 1. The third-order valence-corrected chi connectivity index (χ3v) is 4.90. The Kier molecular flexibility index (Phi) is 6.11. The van der Waals surface area contributed by atoms with Crippen LogP contribution in [0.2, 0.25) is 0 Å². The second-order valence-corrected chi connectivity index (χ2v) is 6.55. The van der Waals surface area contributed by atoms with Gasteiger partial charge in [0.15, 0.2) is 5.52 Å². The molecule has 3 rings (SSSR count). The number of benzene rings is 1. The van der Waals surface area contributed by atoms with Gasteiger partial charge in [0.05, 0.1) is 19.2 Å². The van der Waals surface area contributed by atoms with E-state index in [2.05, 4.69) is 4.98 Å². The molecule has 0 saturated heterocycles. The number of fused-ring (bicyclic) bond motifs is 1.